The van der Waals surface area contributed by atoms with Crippen molar-refractivity contribution in [3.8, 4) is 0 Å². The van der Waals surface area contributed by atoms with Gasteiger partial charge in [-0.3, -0.25) is 0 Å². The van der Waals surface area contributed by atoms with Gasteiger partial charge in [-0.2, -0.15) is 0 Å². The zero-order valence-electron chi connectivity index (χ0n) is 9.95. The maximum atomic E-state index is 11.2. The van der Waals surface area contributed by atoms with Crippen LogP contribution >= 0.6 is 0 Å². The normalized spacial score (nSPS) is 9.88. The Kier molecular flexibility index (Phi) is 4.77. The van der Waals surface area contributed by atoms with Crippen LogP contribution in [0.4, 0.5) is 0 Å². The molecule has 0 radical (unpaired) electrons. The van der Waals surface area contributed by atoms with Gasteiger partial charge in [0.05, 0.1) is 12.7 Å². The van der Waals surface area contributed by atoms with E-state index in [1.807, 2.05) is 12.1 Å². The van der Waals surface area contributed by atoms with Gasteiger partial charge in [-0.1, -0.05) is 32.1 Å². The van der Waals surface area contributed by atoms with E-state index in [2.05, 4.69) is 18.2 Å². The first-order valence-corrected chi connectivity index (χ1v) is 5.55. The monoisotopic (exact) mass is 218 g/mol. The van der Waals surface area contributed by atoms with Crippen LogP contribution in [-0.2, 0) is 4.74 Å². The van der Waals surface area contributed by atoms with Crippen LogP contribution in [-0.4, -0.2) is 13.1 Å². The summed E-state index contributed by atoms with van der Waals surface area (Å²) in [6, 6.07) is 7.39. The third kappa shape index (κ3) is 3.23. The van der Waals surface area contributed by atoms with Crippen LogP contribution in [0.2, 0.25) is 0 Å². The Morgan fingerprint density at radius 1 is 1.25 bits per heavy atom. The number of hydrogen-bond donors (Lipinski definition) is 0. The number of methoxy groups -OCH3 is 1. The number of carbonyl (C=O) groups is 1. The van der Waals surface area contributed by atoms with Crippen molar-refractivity contribution in [3.05, 3.63) is 42.0 Å². The molecule has 0 amide bonds. The van der Waals surface area contributed by atoms with E-state index in [0.29, 0.717) is 5.56 Å². The van der Waals surface area contributed by atoms with Gasteiger partial charge in [-0.15, -0.1) is 0 Å². The Bertz CT molecular complexity index is 363. The summed E-state index contributed by atoms with van der Waals surface area (Å²) in [5, 5.41) is 0. The number of ether oxygens (including phenoxy) is 1. The minimum Gasteiger partial charge on any atom is -0.465 e. The highest BCUT2D eigenvalue weighted by Crippen LogP contribution is 2.19. The maximum absolute atomic E-state index is 11.2. The lowest BCUT2D eigenvalue weighted by Gasteiger charge is -2.06. The summed E-state index contributed by atoms with van der Waals surface area (Å²) in [4.78, 5) is 11.2. The van der Waals surface area contributed by atoms with Crippen LogP contribution in [0.15, 0.2) is 30.8 Å². The van der Waals surface area contributed by atoms with Gasteiger partial charge < -0.3 is 4.74 Å². The van der Waals surface area contributed by atoms with E-state index in [1.54, 1.807) is 12.1 Å². The average Bonchev–Trinajstić information content (AvgIpc) is 2.35. The number of carbonyl (C=O) groups excluding carboxylic acids is 1. The van der Waals surface area contributed by atoms with Crippen molar-refractivity contribution in [2.75, 3.05) is 7.11 Å². The molecule has 0 aliphatic carbocycles. The second kappa shape index (κ2) is 6.11. The van der Waals surface area contributed by atoms with Crippen molar-refractivity contribution >= 4 is 11.5 Å². The predicted molar refractivity (Wildman–Crippen MR) is 66.3 cm³/mol. The van der Waals surface area contributed by atoms with Crippen LogP contribution in [0.25, 0.3) is 5.57 Å². The Labute approximate surface area is 96.9 Å². The molecule has 0 saturated carbocycles. The van der Waals surface area contributed by atoms with Gasteiger partial charge in [-0.25, -0.2) is 4.79 Å². The fourth-order valence-electron chi connectivity index (χ4n) is 1.49. The van der Waals surface area contributed by atoms with Crippen LogP contribution in [0.5, 0.6) is 0 Å². The largest absolute Gasteiger partial charge is 0.465 e. The van der Waals surface area contributed by atoms with E-state index in [0.717, 1.165) is 24.0 Å². The number of allylic oxidation sites excluding steroid dienone is 1. The Morgan fingerprint density at radius 3 is 2.31 bits per heavy atom. The first-order chi connectivity index (χ1) is 7.69. The molecular formula is C14H18O2. The quantitative estimate of drug-likeness (QED) is 0.705. The lowest BCUT2D eigenvalue weighted by atomic mass is 10.0. The van der Waals surface area contributed by atoms with Gasteiger partial charge in [0.1, 0.15) is 0 Å². The molecule has 2 heteroatoms. The van der Waals surface area contributed by atoms with Gasteiger partial charge in [0, 0.05) is 0 Å². The Morgan fingerprint density at radius 2 is 1.81 bits per heavy atom. The molecule has 16 heavy (non-hydrogen) atoms. The number of rotatable bonds is 5. The van der Waals surface area contributed by atoms with E-state index in [1.165, 1.54) is 13.5 Å². The molecule has 1 aromatic rings. The summed E-state index contributed by atoms with van der Waals surface area (Å²) < 4.78 is 4.64. The molecule has 1 rings (SSSR count). The van der Waals surface area contributed by atoms with Gasteiger partial charge in [-0.05, 0) is 36.1 Å². The smallest absolute Gasteiger partial charge is 0.337 e. The summed E-state index contributed by atoms with van der Waals surface area (Å²) >= 11 is 0. The fraction of sp³-hybridized carbons (Fsp3) is 0.357. The molecule has 86 valence electrons. The number of benzene rings is 1. The van der Waals surface area contributed by atoms with Crippen molar-refractivity contribution in [1.29, 1.82) is 0 Å². The summed E-state index contributed by atoms with van der Waals surface area (Å²) in [5.41, 5.74) is 2.80. The topological polar surface area (TPSA) is 26.3 Å². The summed E-state index contributed by atoms with van der Waals surface area (Å²) in [5.74, 6) is -0.300. The van der Waals surface area contributed by atoms with Gasteiger partial charge in [0.25, 0.3) is 0 Å². The number of unbranched alkanes of at least 4 members (excludes halogenated alkanes) is 1. The molecule has 0 bridgehead atoms. The summed E-state index contributed by atoms with van der Waals surface area (Å²) in [7, 11) is 1.39. The van der Waals surface area contributed by atoms with Gasteiger partial charge in [0.2, 0.25) is 0 Å². The van der Waals surface area contributed by atoms with Crippen LogP contribution in [0, 0.1) is 0 Å². The molecule has 0 saturated heterocycles. The second-order valence-corrected chi connectivity index (χ2v) is 3.78. The first kappa shape index (κ1) is 12.5. The van der Waals surface area contributed by atoms with Gasteiger partial charge in [0.15, 0.2) is 0 Å². The molecule has 0 spiro atoms. The highest BCUT2D eigenvalue weighted by Gasteiger charge is 2.05. The Balaban J connectivity index is 2.71. The zero-order valence-corrected chi connectivity index (χ0v) is 9.95. The Hall–Kier alpha value is -1.57. The first-order valence-electron chi connectivity index (χ1n) is 5.55. The lowest BCUT2D eigenvalue weighted by molar-refractivity contribution is 0.0601. The number of esters is 1. The highest BCUT2D eigenvalue weighted by atomic mass is 16.5. The van der Waals surface area contributed by atoms with E-state index >= 15 is 0 Å². The molecule has 0 aromatic heterocycles. The van der Waals surface area contributed by atoms with E-state index < -0.39 is 0 Å². The third-order valence-corrected chi connectivity index (χ3v) is 2.55. The van der Waals surface area contributed by atoms with Crippen LogP contribution < -0.4 is 0 Å². The molecular weight excluding hydrogens is 200 g/mol. The van der Waals surface area contributed by atoms with E-state index in [4.69, 9.17) is 0 Å². The van der Waals surface area contributed by atoms with Crippen molar-refractivity contribution < 1.29 is 9.53 Å². The van der Waals surface area contributed by atoms with Crippen molar-refractivity contribution in [2.24, 2.45) is 0 Å². The molecule has 0 aliphatic heterocycles. The average molecular weight is 218 g/mol. The second-order valence-electron chi connectivity index (χ2n) is 3.78. The predicted octanol–water partition coefficient (Wildman–Crippen LogP) is 3.68. The van der Waals surface area contributed by atoms with E-state index in [9.17, 15) is 4.79 Å². The molecule has 2 nitrogen and oxygen atoms in total. The molecule has 0 aliphatic rings. The summed E-state index contributed by atoms with van der Waals surface area (Å²) in [6.07, 6.45) is 3.32. The minimum atomic E-state index is -0.300. The van der Waals surface area contributed by atoms with Crippen LogP contribution in [0.1, 0.15) is 42.1 Å². The molecule has 0 atom stereocenters. The standard InChI is InChI=1S/C14H18O2/c1-4-5-6-11(2)12-7-9-13(10-8-12)14(15)16-3/h7-10H,2,4-6H2,1,3H3. The number of hydrogen-bond acceptors (Lipinski definition) is 2. The molecule has 0 unspecified atom stereocenters. The SMILES string of the molecule is C=C(CCCC)c1ccc(C(=O)OC)cc1. The maximum Gasteiger partial charge on any atom is 0.337 e. The summed E-state index contributed by atoms with van der Waals surface area (Å²) in [6.45, 7) is 6.20. The van der Waals surface area contributed by atoms with Crippen molar-refractivity contribution in [2.45, 2.75) is 26.2 Å². The highest BCUT2D eigenvalue weighted by molar-refractivity contribution is 5.89. The van der Waals surface area contributed by atoms with Crippen LogP contribution in [0.3, 0.4) is 0 Å². The lowest BCUT2D eigenvalue weighted by Crippen LogP contribution is -2.00. The fourth-order valence-corrected chi connectivity index (χ4v) is 1.49. The molecule has 0 N–H and O–H groups in total. The molecule has 1 aromatic carbocycles. The van der Waals surface area contributed by atoms with Gasteiger partial charge >= 0.3 is 5.97 Å². The third-order valence-electron chi connectivity index (χ3n) is 2.55. The van der Waals surface area contributed by atoms with E-state index in [-0.39, 0.29) is 5.97 Å². The zero-order chi connectivity index (χ0) is 12.0. The van der Waals surface area contributed by atoms with Crippen molar-refractivity contribution in [3.63, 3.8) is 0 Å². The molecule has 0 heterocycles. The minimum absolute atomic E-state index is 0.300. The van der Waals surface area contributed by atoms with Crippen molar-refractivity contribution in [1.82, 2.24) is 0 Å². The molecule has 0 fully saturated rings.